The lowest BCUT2D eigenvalue weighted by atomic mass is 9.85. The Morgan fingerprint density at radius 3 is 2.63 bits per heavy atom. The first-order valence-corrected chi connectivity index (χ1v) is 7.00. The van der Waals surface area contributed by atoms with Crippen LogP contribution in [0.3, 0.4) is 0 Å². The second-order valence-electron chi connectivity index (χ2n) is 5.51. The number of nitrogens with zero attached hydrogens (tertiary/aromatic N) is 1. The number of ether oxygens (including phenoxy) is 1. The molecule has 0 radical (unpaired) electrons. The summed E-state index contributed by atoms with van der Waals surface area (Å²) >= 11 is 0. The molecule has 0 spiro atoms. The van der Waals surface area contributed by atoms with Crippen LogP contribution in [0.25, 0.3) is 10.9 Å². The van der Waals surface area contributed by atoms with Gasteiger partial charge in [0.15, 0.2) is 0 Å². The Bertz CT molecular complexity index is 582. The Morgan fingerprint density at radius 2 is 1.89 bits per heavy atom. The van der Waals surface area contributed by atoms with E-state index >= 15 is 0 Å². The summed E-state index contributed by atoms with van der Waals surface area (Å²) in [7, 11) is 0. The molecule has 2 aliphatic heterocycles. The number of para-hydroxylation sites is 1. The van der Waals surface area contributed by atoms with Crippen LogP contribution in [0, 0.1) is 0 Å². The molecule has 2 N–H and O–H groups in total. The van der Waals surface area contributed by atoms with Crippen LogP contribution in [0.1, 0.15) is 5.56 Å². The van der Waals surface area contributed by atoms with Gasteiger partial charge in [0.25, 0.3) is 0 Å². The Morgan fingerprint density at radius 1 is 1.11 bits per heavy atom. The van der Waals surface area contributed by atoms with E-state index in [0.717, 1.165) is 39.4 Å². The summed E-state index contributed by atoms with van der Waals surface area (Å²) in [6, 6.07) is 8.55. The van der Waals surface area contributed by atoms with Crippen LogP contribution in [0.5, 0.6) is 0 Å². The molecule has 4 nitrogen and oxygen atoms in total. The predicted octanol–water partition coefficient (Wildman–Crippen LogP) is 1.30. The largest absolute Gasteiger partial charge is 0.377 e. The molecule has 2 saturated heterocycles. The molecule has 2 aliphatic rings. The van der Waals surface area contributed by atoms with Gasteiger partial charge in [-0.1, -0.05) is 18.2 Å². The molecule has 0 amide bonds. The van der Waals surface area contributed by atoms with Crippen molar-refractivity contribution >= 4 is 10.9 Å². The van der Waals surface area contributed by atoms with Crippen LogP contribution in [-0.2, 0) is 10.3 Å². The minimum atomic E-state index is 0.0850. The molecule has 2 fully saturated rings. The average molecular weight is 257 g/mol. The summed E-state index contributed by atoms with van der Waals surface area (Å²) in [6.45, 7) is 5.98. The fraction of sp³-hybridized carbons (Fsp3) is 0.467. The zero-order chi connectivity index (χ0) is 12.7. The van der Waals surface area contributed by atoms with E-state index in [2.05, 4.69) is 45.7 Å². The molecule has 1 aromatic heterocycles. The second kappa shape index (κ2) is 4.34. The molecule has 0 bridgehead atoms. The second-order valence-corrected chi connectivity index (χ2v) is 5.51. The van der Waals surface area contributed by atoms with Crippen molar-refractivity contribution in [3.8, 4) is 0 Å². The van der Waals surface area contributed by atoms with Gasteiger partial charge in [0.05, 0.1) is 18.8 Å². The molecule has 2 aromatic rings. The fourth-order valence-electron chi connectivity index (χ4n) is 3.35. The van der Waals surface area contributed by atoms with E-state index in [1.807, 2.05) is 0 Å². The summed E-state index contributed by atoms with van der Waals surface area (Å²) in [6.07, 6.45) is 2.18. The Kier molecular flexibility index (Phi) is 2.62. The summed E-state index contributed by atoms with van der Waals surface area (Å²) in [5.41, 5.74) is 2.71. The maximum atomic E-state index is 5.59. The lowest BCUT2D eigenvalue weighted by Crippen LogP contribution is -2.63. The van der Waals surface area contributed by atoms with Gasteiger partial charge in [-0.2, -0.15) is 0 Å². The third kappa shape index (κ3) is 1.64. The summed E-state index contributed by atoms with van der Waals surface area (Å²) in [5.74, 6) is 0. The van der Waals surface area contributed by atoms with E-state index in [1.165, 1.54) is 16.5 Å². The number of nitrogens with one attached hydrogen (secondary N) is 2. The van der Waals surface area contributed by atoms with Gasteiger partial charge in [0, 0.05) is 48.8 Å². The maximum absolute atomic E-state index is 5.59. The minimum Gasteiger partial charge on any atom is -0.377 e. The van der Waals surface area contributed by atoms with Gasteiger partial charge in [0.2, 0.25) is 0 Å². The first-order chi connectivity index (χ1) is 9.40. The normalized spacial score (nSPS) is 23.4. The summed E-state index contributed by atoms with van der Waals surface area (Å²) < 4.78 is 5.59. The highest BCUT2D eigenvalue weighted by Gasteiger charge is 2.47. The van der Waals surface area contributed by atoms with Crippen molar-refractivity contribution in [3.05, 3.63) is 36.0 Å². The molecular weight excluding hydrogens is 238 g/mol. The molecule has 4 heteroatoms. The number of piperazine rings is 1. The van der Waals surface area contributed by atoms with Crippen molar-refractivity contribution in [3.63, 3.8) is 0 Å². The standard InChI is InChI=1S/C15H19N3O/c1-2-4-14-12(3-1)13(9-17-14)15(10-19-11-15)18-7-5-16-6-8-18/h1-4,9,16-17H,5-8,10-11H2. The number of aromatic nitrogens is 1. The molecule has 0 aliphatic carbocycles. The number of hydrogen-bond acceptors (Lipinski definition) is 3. The van der Waals surface area contributed by atoms with Gasteiger partial charge in [-0.15, -0.1) is 0 Å². The molecule has 0 saturated carbocycles. The lowest BCUT2D eigenvalue weighted by molar-refractivity contribution is -0.148. The zero-order valence-electron chi connectivity index (χ0n) is 11.0. The van der Waals surface area contributed by atoms with E-state index in [1.54, 1.807) is 0 Å². The molecule has 19 heavy (non-hydrogen) atoms. The van der Waals surface area contributed by atoms with E-state index < -0.39 is 0 Å². The number of H-pyrrole nitrogens is 1. The smallest absolute Gasteiger partial charge is 0.0955 e. The van der Waals surface area contributed by atoms with Crippen LogP contribution >= 0.6 is 0 Å². The number of hydrogen-bond donors (Lipinski definition) is 2. The van der Waals surface area contributed by atoms with Gasteiger partial charge in [-0.05, 0) is 6.07 Å². The van der Waals surface area contributed by atoms with E-state index in [0.29, 0.717) is 0 Å². The number of aromatic amines is 1. The molecule has 0 atom stereocenters. The van der Waals surface area contributed by atoms with Crippen molar-refractivity contribution < 1.29 is 4.74 Å². The summed E-state index contributed by atoms with van der Waals surface area (Å²) in [5, 5.41) is 4.76. The van der Waals surface area contributed by atoms with Gasteiger partial charge >= 0.3 is 0 Å². The van der Waals surface area contributed by atoms with E-state index in [-0.39, 0.29) is 5.54 Å². The van der Waals surface area contributed by atoms with Gasteiger partial charge in [-0.25, -0.2) is 0 Å². The van der Waals surface area contributed by atoms with Crippen LogP contribution in [0.15, 0.2) is 30.5 Å². The molecule has 4 rings (SSSR count). The number of rotatable bonds is 2. The van der Waals surface area contributed by atoms with Crippen molar-refractivity contribution in [1.29, 1.82) is 0 Å². The molecular formula is C15H19N3O. The Labute approximate surface area is 112 Å². The highest BCUT2D eigenvalue weighted by atomic mass is 16.5. The first-order valence-electron chi connectivity index (χ1n) is 7.00. The monoisotopic (exact) mass is 257 g/mol. The topological polar surface area (TPSA) is 40.3 Å². The lowest BCUT2D eigenvalue weighted by Gasteiger charge is -2.51. The average Bonchev–Trinajstić information content (AvgIpc) is 2.84. The summed E-state index contributed by atoms with van der Waals surface area (Å²) in [4.78, 5) is 5.99. The fourth-order valence-corrected chi connectivity index (χ4v) is 3.35. The zero-order valence-corrected chi connectivity index (χ0v) is 11.0. The minimum absolute atomic E-state index is 0.0850. The van der Waals surface area contributed by atoms with Crippen LogP contribution in [0.2, 0.25) is 0 Å². The van der Waals surface area contributed by atoms with E-state index in [4.69, 9.17) is 4.74 Å². The quantitative estimate of drug-likeness (QED) is 0.852. The van der Waals surface area contributed by atoms with E-state index in [9.17, 15) is 0 Å². The highest BCUT2D eigenvalue weighted by Crippen LogP contribution is 2.39. The SMILES string of the molecule is c1ccc2c(C3(N4CCNCC4)COC3)c[nH]c2c1. The van der Waals surface area contributed by atoms with Gasteiger partial charge in [0.1, 0.15) is 0 Å². The van der Waals surface area contributed by atoms with Gasteiger partial charge < -0.3 is 15.0 Å². The Balaban J connectivity index is 1.79. The van der Waals surface area contributed by atoms with Crippen molar-refractivity contribution in [2.45, 2.75) is 5.54 Å². The van der Waals surface area contributed by atoms with Crippen LogP contribution in [0.4, 0.5) is 0 Å². The van der Waals surface area contributed by atoms with Crippen LogP contribution in [-0.4, -0.2) is 49.3 Å². The molecule has 3 heterocycles. The molecule has 0 unspecified atom stereocenters. The predicted molar refractivity (Wildman–Crippen MR) is 75.2 cm³/mol. The molecule has 1 aromatic carbocycles. The molecule has 100 valence electrons. The number of benzene rings is 1. The highest BCUT2D eigenvalue weighted by molar-refractivity contribution is 5.84. The van der Waals surface area contributed by atoms with Crippen molar-refractivity contribution in [2.24, 2.45) is 0 Å². The maximum Gasteiger partial charge on any atom is 0.0955 e. The van der Waals surface area contributed by atoms with Crippen LogP contribution < -0.4 is 5.32 Å². The number of fused-ring (bicyclic) bond motifs is 1. The third-order valence-electron chi connectivity index (χ3n) is 4.49. The first kappa shape index (κ1) is 11.5. The third-order valence-corrected chi connectivity index (χ3v) is 4.49. The van der Waals surface area contributed by atoms with Crippen molar-refractivity contribution in [2.75, 3.05) is 39.4 Å². The van der Waals surface area contributed by atoms with Crippen molar-refractivity contribution in [1.82, 2.24) is 15.2 Å². The van der Waals surface area contributed by atoms with Gasteiger partial charge in [-0.3, -0.25) is 4.90 Å². The Hall–Kier alpha value is -1.36.